The summed E-state index contributed by atoms with van der Waals surface area (Å²) in [4.78, 5) is 16.5. The van der Waals surface area contributed by atoms with Gasteiger partial charge in [0.1, 0.15) is 0 Å². The third-order valence-corrected chi connectivity index (χ3v) is 5.33. The van der Waals surface area contributed by atoms with E-state index in [0.717, 1.165) is 12.3 Å². The molecule has 1 aliphatic rings. The lowest BCUT2D eigenvalue weighted by Crippen LogP contribution is -2.41. The van der Waals surface area contributed by atoms with Gasteiger partial charge < -0.3 is 4.98 Å². The van der Waals surface area contributed by atoms with E-state index in [2.05, 4.69) is 23.7 Å². The Morgan fingerprint density at radius 3 is 2.75 bits per heavy atom. The van der Waals surface area contributed by atoms with E-state index in [4.69, 9.17) is 0 Å². The van der Waals surface area contributed by atoms with Gasteiger partial charge in [-0.2, -0.15) is 11.8 Å². The molecule has 1 N–H and O–H groups in total. The molecule has 0 amide bonds. The van der Waals surface area contributed by atoms with Gasteiger partial charge in [0.15, 0.2) is 0 Å². The fraction of sp³-hybridized carbons (Fsp3) is 0.688. The van der Waals surface area contributed by atoms with Crippen LogP contribution in [-0.4, -0.2) is 40.5 Å². The smallest absolute Gasteiger partial charge is 0.247 e. The highest BCUT2D eigenvalue weighted by atomic mass is 32.2. The molecule has 2 rings (SSSR count). The van der Waals surface area contributed by atoms with Crippen molar-refractivity contribution in [1.82, 2.24) is 9.88 Å². The Kier molecular flexibility index (Phi) is 6.17. The minimum absolute atomic E-state index is 0.00850. The molecule has 2 heterocycles. The van der Waals surface area contributed by atoms with Crippen LogP contribution in [0.2, 0.25) is 0 Å². The SMILES string of the molecule is CCSCC(C)N1CCC(Cc2ccc(=O)[nH]c2)CC1. The van der Waals surface area contributed by atoms with Crippen molar-refractivity contribution in [1.29, 1.82) is 0 Å². The van der Waals surface area contributed by atoms with E-state index < -0.39 is 0 Å². The van der Waals surface area contributed by atoms with Gasteiger partial charge in [-0.3, -0.25) is 9.69 Å². The number of piperidine rings is 1. The number of thioether (sulfide) groups is 1. The monoisotopic (exact) mass is 294 g/mol. The zero-order valence-corrected chi connectivity index (χ0v) is 13.4. The number of hydrogen-bond donors (Lipinski definition) is 1. The van der Waals surface area contributed by atoms with Gasteiger partial charge in [-0.05, 0) is 56.5 Å². The van der Waals surface area contributed by atoms with Crippen molar-refractivity contribution in [3.05, 3.63) is 34.2 Å². The minimum Gasteiger partial charge on any atom is -0.329 e. The second-order valence-corrected chi connectivity index (χ2v) is 7.07. The molecule has 1 unspecified atom stereocenters. The van der Waals surface area contributed by atoms with Crippen LogP contribution in [-0.2, 0) is 6.42 Å². The van der Waals surface area contributed by atoms with E-state index in [0.29, 0.717) is 6.04 Å². The highest BCUT2D eigenvalue weighted by molar-refractivity contribution is 7.99. The molecule has 3 nitrogen and oxygen atoms in total. The Morgan fingerprint density at radius 1 is 1.40 bits per heavy atom. The summed E-state index contributed by atoms with van der Waals surface area (Å²) < 4.78 is 0. The Balaban J connectivity index is 1.76. The molecule has 0 aliphatic carbocycles. The first-order chi connectivity index (χ1) is 9.69. The molecule has 0 saturated carbocycles. The molecule has 20 heavy (non-hydrogen) atoms. The number of nitrogens with one attached hydrogen (secondary N) is 1. The molecule has 0 spiro atoms. The summed E-state index contributed by atoms with van der Waals surface area (Å²) in [5.41, 5.74) is 1.25. The number of pyridine rings is 1. The standard InChI is InChI=1S/C16H26N2OS/c1-3-20-12-13(2)18-8-6-14(7-9-18)10-15-4-5-16(19)17-11-15/h4-5,11,13-14H,3,6-10,12H2,1-2H3,(H,17,19). The van der Waals surface area contributed by atoms with Crippen molar-refractivity contribution in [3.63, 3.8) is 0 Å². The molecule has 0 bridgehead atoms. The fourth-order valence-corrected chi connectivity index (χ4v) is 3.68. The Morgan fingerprint density at radius 2 is 2.15 bits per heavy atom. The number of hydrogen-bond acceptors (Lipinski definition) is 3. The number of H-pyrrole nitrogens is 1. The number of aromatic amines is 1. The summed E-state index contributed by atoms with van der Waals surface area (Å²) in [6.07, 6.45) is 5.53. The molecule has 1 aliphatic heterocycles. The maximum Gasteiger partial charge on any atom is 0.247 e. The minimum atomic E-state index is -0.00850. The molecular formula is C16H26N2OS. The van der Waals surface area contributed by atoms with Crippen LogP contribution in [0.1, 0.15) is 32.3 Å². The van der Waals surface area contributed by atoms with Crippen LogP contribution in [0.5, 0.6) is 0 Å². The van der Waals surface area contributed by atoms with Crippen molar-refractivity contribution < 1.29 is 0 Å². The molecule has 1 saturated heterocycles. The Hall–Kier alpha value is -0.740. The van der Waals surface area contributed by atoms with Gasteiger partial charge in [0.2, 0.25) is 5.56 Å². The van der Waals surface area contributed by atoms with Crippen LogP contribution in [0.25, 0.3) is 0 Å². The third kappa shape index (κ3) is 4.67. The molecule has 0 aromatic carbocycles. The van der Waals surface area contributed by atoms with Crippen molar-refractivity contribution >= 4 is 11.8 Å². The average molecular weight is 294 g/mol. The van der Waals surface area contributed by atoms with Gasteiger partial charge in [0, 0.05) is 24.1 Å². The number of aromatic nitrogens is 1. The maximum atomic E-state index is 11.1. The fourth-order valence-electron chi connectivity index (χ4n) is 2.89. The summed E-state index contributed by atoms with van der Waals surface area (Å²) >= 11 is 2.04. The second-order valence-electron chi connectivity index (χ2n) is 5.75. The predicted octanol–water partition coefficient (Wildman–Crippen LogP) is 2.77. The van der Waals surface area contributed by atoms with Gasteiger partial charge in [-0.15, -0.1) is 0 Å². The number of likely N-dealkylation sites (tertiary alicyclic amines) is 1. The van der Waals surface area contributed by atoms with E-state index in [1.807, 2.05) is 24.0 Å². The van der Waals surface area contributed by atoms with E-state index in [1.54, 1.807) is 6.07 Å². The normalized spacial score (nSPS) is 19.1. The lowest BCUT2D eigenvalue weighted by Gasteiger charge is -2.36. The van der Waals surface area contributed by atoms with Crippen molar-refractivity contribution in [2.24, 2.45) is 5.92 Å². The first-order valence-corrected chi connectivity index (χ1v) is 8.84. The van der Waals surface area contributed by atoms with E-state index in [9.17, 15) is 4.79 Å². The van der Waals surface area contributed by atoms with Gasteiger partial charge in [-0.1, -0.05) is 13.0 Å². The lowest BCUT2D eigenvalue weighted by molar-refractivity contribution is 0.151. The van der Waals surface area contributed by atoms with E-state index >= 15 is 0 Å². The molecule has 1 atom stereocenters. The number of rotatable bonds is 6. The largest absolute Gasteiger partial charge is 0.329 e. The van der Waals surface area contributed by atoms with Crippen LogP contribution >= 0.6 is 11.8 Å². The zero-order valence-electron chi connectivity index (χ0n) is 12.6. The molecule has 1 aromatic rings. The van der Waals surface area contributed by atoms with Crippen molar-refractivity contribution in [3.8, 4) is 0 Å². The highest BCUT2D eigenvalue weighted by Crippen LogP contribution is 2.23. The summed E-state index contributed by atoms with van der Waals surface area (Å²) in [6.45, 7) is 7.03. The Bertz CT molecular complexity index is 432. The Labute approximate surface area is 126 Å². The summed E-state index contributed by atoms with van der Waals surface area (Å²) in [7, 11) is 0. The lowest BCUT2D eigenvalue weighted by atomic mass is 9.90. The molecule has 0 radical (unpaired) electrons. The van der Waals surface area contributed by atoms with Crippen molar-refractivity contribution in [2.45, 2.75) is 39.2 Å². The van der Waals surface area contributed by atoms with Crippen LogP contribution in [0.3, 0.4) is 0 Å². The van der Waals surface area contributed by atoms with Gasteiger partial charge in [0.05, 0.1) is 0 Å². The van der Waals surface area contributed by atoms with Gasteiger partial charge >= 0.3 is 0 Å². The van der Waals surface area contributed by atoms with Crippen LogP contribution in [0.15, 0.2) is 23.1 Å². The van der Waals surface area contributed by atoms with E-state index in [1.165, 1.54) is 43.0 Å². The third-order valence-electron chi connectivity index (χ3n) is 4.21. The topological polar surface area (TPSA) is 36.1 Å². The molecular weight excluding hydrogens is 268 g/mol. The van der Waals surface area contributed by atoms with Crippen LogP contribution < -0.4 is 5.56 Å². The molecule has 1 aromatic heterocycles. The predicted molar refractivity (Wildman–Crippen MR) is 87.5 cm³/mol. The first-order valence-electron chi connectivity index (χ1n) is 7.68. The first kappa shape index (κ1) is 15.6. The second kappa shape index (κ2) is 7.89. The van der Waals surface area contributed by atoms with Gasteiger partial charge in [0.25, 0.3) is 0 Å². The van der Waals surface area contributed by atoms with Gasteiger partial charge in [-0.25, -0.2) is 0 Å². The summed E-state index contributed by atoms with van der Waals surface area (Å²) in [5.74, 6) is 3.23. The van der Waals surface area contributed by atoms with Crippen molar-refractivity contribution in [2.75, 3.05) is 24.6 Å². The molecule has 4 heteroatoms. The van der Waals surface area contributed by atoms with E-state index in [-0.39, 0.29) is 5.56 Å². The highest BCUT2D eigenvalue weighted by Gasteiger charge is 2.22. The quantitative estimate of drug-likeness (QED) is 0.876. The molecule has 1 fully saturated rings. The summed E-state index contributed by atoms with van der Waals surface area (Å²) in [5, 5.41) is 0. The van der Waals surface area contributed by atoms with Crippen LogP contribution in [0.4, 0.5) is 0 Å². The summed E-state index contributed by atoms with van der Waals surface area (Å²) in [6, 6.07) is 4.30. The number of nitrogens with zero attached hydrogens (tertiary/aromatic N) is 1. The maximum absolute atomic E-state index is 11.1. The zero-order chi connectivity index (χ0) is 14.4. The average Bonchev–Trinajstić information content (AvgIpc) is 2.48. The molecule has 112 valence electrons. The van der Waals surface area contributed by atoms with Crippen LogP contribution in [0, 0.1) is 5.92 Å².